The van der Waals surface area contributed by atoms with E-state index in [2.05, 4.69) is 26.0 Å². The minimum absolute atomic E-state index is 0.127. The van der Waals surface area contributed by atoms with Gasteiger partial charge in [0, 0.05) is 16.2 Å². The van der Waals surface area contributed by atoms with Gasteiger partial charge in [0.25, 0.3) is 5.91 Å². The maximum atomic E-state index is 12.7. The molecule has 0 heterocycles. The van der Waals surface area contributed by atoms with Crippen LogP contribution in [0.15, 0.2) is 76.1 Å². The number of rotatable bonds is 10. The number of amides is 1. The first-order valence-electron chi connectivity index (χ1n) is 11.1. The molecule has 0 bridgehead atoms. The lowest BCUT2D eigenvalue weighted by Gasteiger charge is -2.16. The van der Waals surface area contributed by atoms with Gasteiger partial charge >= 0.3 is 0 Å². The Morgan fingerprint density at radius 1 is 0.971 bits per heavy atom. The van der Waals surface area contributed by atoms with E-state index in [0.717, 1.165) is 39.7 Å². The Morgan fingerprint density at radius 2 is 1.56 bits per heavy atom. The van der Waals surface area contributed by atoms with Gasteiger partial charge in [0.2, 0.25) is 10.0 Å². The van der Waals surface area contributed by atoms with Gasteiger partial charge in [-0.3, -0.25) is 4.79 Å². The molecule has 1 unspecified atom stereocenters. The van der Waals surface area contributed by atoms with Crippen molar-refractivity contribution in [2.45, 2.75) is 44.6 Å². The molecule has 0 aromatic heterocycles. The van der Waals surface area contributed by atoms with E-state index in [1.807, 2.05) is 56.3 Å². The standard InChI is InChI=1S/C26H29BrN2O4S/c1-4-19-15-22(27)16-20(5-2)26(19)28-25(30)17-33-23-11-13-24(14-12-23)34(31,32)29-18(3)21-9-7-6-8-10-21/h6-16,18,29H,4-5,17H2,1-3H3,(H,28,30). The van der Waals surface area contributed by atoms with Crippen molar-refractivity contribution in [3.8, 4) is 5.75 Å². The van der Waals surface area contributed by atoms with Gasteiger partial charge in [-0.15, -0.1) is 0 Å². The first-order chi connectivity index (χ1) is 16.2. The van der Waals surface area contributed by atoms with Crippen LogP contribution in [-0.4, -0.2) is 20.9 Å². The molecule has 0 saturated heterocycles. The van der Waals surface area contributed by atoms with Gasteiger partial charge in [0.05, 0.1) is 4.90 Å². The molecule has 1 atom stereocenters. The summed E-state index contributed by atoms with van der Waals surface area (Å²) in [5, 5.41) is 2.96. The van der Waals surface area contributed by atoms with Crippen molar-refractivity contribution >= 4 is 37.5 Å². The van der Waals surface area contributed by atoms with Crippen LogP contribution in [0.3, 0.4) is 0 Å². The Labute approximate surface area is 209 Å². The number of sulfonamides is 1. The number of ether oxygens (including phenoxy) is 1. The summed E-state index contributed by atoms with van der Waals surface area (Å²) in [4.78, 5) is 12.7. The normalized spacial score (nSPS) is 12.2. The highest BCUT2D eigenvalue weighted by molar-refractivity contribution is 9.10. The molecule has 0 radical (unpaired) electrons. The van der Waals surface area contributed by atoms with E-state index in [1.165, 1.54) is 12.1 Å². The van der Waals surface area contributed by atoms with Crippen molar-refractivity contribution in [1.29, 1.82) is 0 Å². The molecule has 3 aromatic carbocycles. The van der Waals surface area contributed by atoms with Crippen LogP contribution in [0.2, 0.25) is 0 Å². The average Bonchev–Trinajstić information content (AvgIpc) is 2.84. The molecule has 8 heteroatoms. The van der Waals surface area contributed by atoms with Crippen LogP contribution < -0.4 is 14.8 Å². The number of benzene rings is 3. The third kappa shape index (κ3) is 6.68. The van der Waals surface area contributed by atoms with Crippen LogP contribution in [0.4, 0.5) is 5.69 Å². The van der Waals surface area contributed by atoms with Gasteiger partial charge in [-0.25, -0.2) is 13.1 Å². The zero-order valence-corrected chi connectivity index (χ0v) is 21.9. The summed E-state index contributed by atoms with van der Waals surface area (Å²) >= 11 is 3.52. The van der Waals surface area contributed by atoms with E-state index in [-0.39, 0.29) is 23.5 Å². The van der Waals surface area contributed by atoms with Gasteiger partial charge < -0.3 is 10.1 Å². The third-order valence-electron chi connectivity index (χ3n) is 5.43. The fourth-order valence-corrected chi connectivity index (χ4v) is 5.38. The van der Waals surface area contributed by atoms with E-state index in [9.17, 15) is 13.2 Å². The molecule has 34 heavy (non-hydrogen) atoms. The highest BCUT2D eigenvalue weighted by Crippen LogP contribution is 2.27. The first-order valence-corrected chi connectivity index (χ1v) is 13.4. The van der Waals surface area contributed by atoms with Crippen molar-refractivity contribution in [2.75, 3.05) is 11.9 Å². The average molecular weight is 545 g/mol. The van der Waals surface area contributed by atoms with Crippen molar-refractivity contribution in [3.05, 3.63) is 87.9 Å². The van der Waals surface area contributed by atoms with Gasteiger partial charge in [0.1, 0.15) is 5.75 Å². The first kappa shape index (κ1) is 25.9. The summed E-state index contributed by atoms with van der Waals surface area (Å²) in [7, 11) is -3.70. The van der Waals surface area contributed by atoms with Crippen LogP contribution in [0.25, 0.3) is 0 Å². The summed E-state index contributed by atoms with van der Waals surface area (Å²) in [6.45, 7) is 5.69. The zero-order chi connectivity index (χ0) is 24.7. The quantitative estimate of drug-likeness (QED) is 0.346. The van der Waals surface area contributed by atoms with E-state index in [1.54, 1.807) is 19.1 Å². The summed E-state index contributed by atoms with van der Waals surface area (Å²) in [6, 6.07) is 19.0. The lowest BCUT2D eigenvalue weighted by atomic mass is 10.0. The smallest absolute Gasteiger partial charge is 0.262 e. The number of nitrogens with one attached hydrogen (secondary N) is 2. The molecule has 0 aliphatic rings. The fraction of sp³-hybridized carbons (Fsp3) is 0.269. The SMILES string of the molecule is CCc1cc(Br)cc(CC)c1NC(=O)COc1ccc(S(=O)(=O)NC(C)c2ccccc2)cc1. The van der Waals surface area contributed by atoms with Gasteiger partial charge in [-0.1, -0.05) is 60.1 Å². The zero-order valence-electron chi connectivity index (χ0n) is 19.5. The maximum absolute atomic E-state index is 12.7. The molecule has 0 saturated carbocycles. The third-order valence-corrected chi connectivity index (χ3v) is 7.44. The molecule has 2 N–H and O–H groups in total. The fourth-order valence-electron chi connectivity index (χ4n) is 3.59. The Bertz CT molecular complexity index is 1200. The summed E-state index contributed by atoms with van der Waals surface area (Å²) in [5.41, 5.74) is 3.79. The minimum atomic E-state index is -3.70. The van der Waals surface area contributed by atoms with Crippen molar-refractivity contribution in [2.24, 2.45) is 0 Å². The highest BCUT2D eigenvalue weighted by Gasteiger charge is 2.18. The number of hydrogen-bond donors (Lipinski definition) is 2. The lowest BCUT2D eigenvalue weighted by Crippen LogP contribution is -2.26. The van der Waals surface area contributed by atoms with E-state index >= 15 is 0 Å². The molecule has 1 amide bonds. The maximum Gasteiger partial charge on any atom is 0.262 e. The summed E-state index contributed by atoms with van der Waals surface area (Å²) < 4.78 is 34.7. The molecule has 0 aliphatic carbocycles. The molecule has 3 aromatic rings. The Hall–Kier alpha value is -2.68. The number of aryl methyl sites for hydroxylation is 2. The lowest BCUT2D eigenvalue weighted by molar-refractivity contribution is -0.118. The van der Waals surface area contributed by atoms with Crippen molar-refractivity contribution in [3.63, 3.8) is 0 Å². The summed E-state index contributed by atoms with van der Waals surface area (Å²) in [5.74, 6) is 0.134. The van der Waals surface area contributed by atoms with E-state index < -0.39 is 10.0 Å². The van der Waals surface area contributed by atoms with Crippen molar-refractivity contribution < 1.29 is 17.9 Å². The Kier molecular flexibility index (Phi) is 8.88. The monoisotopic (exact) mass is 544 g/mol. The molecule has 180 valence electrons. The molecule has 0 aliphatic heterocycles. The van der Waals surface area contributed by atoms with Crippen LogP contribution in [-0.2, 0) is 27.7 Å². The van der Waals surface area contributed by atoms with E-state index in [4.69, 9.17) is 4.74 Å². The topological polar surface area (TPSA) is 84.5 Å². The van der Waals surface area contributed by atoms with Gasteiger partial charge in [-0.05, 0) is 72.9 Å². The molecule has 0 fully saturated rings. The molecule has 3 rings (SSSR count). The van der Waals surface area contributed by atoms with Crippen LogP contribution in [0.1, 0.15) is 43.5 Å². The molecule has 0 spiro atoms. The van der Waals surface area contributed by atoms with Crippen molar-refractivity contribution in [1.82, 2.24) is 4.72 Å². The Balaban J connectivity index is 1.61. The van der Waals surface area contributed by atoms with Crippen LogP contribution in [0.5, 0.6) is 5.75 Å². The van der Waals surface area contributed by atoms with Gasteiger partial charge in [-0.2, -0.15) is 0 Å². The van der Waals surface area contributed by atoms with Gasteiger partial charge in [0.15, 0.2) is 6.61 Å². The summed E-state index contributed by atoms with van der Waals surface area (Å²) in [6.07, 6.45) is 1.57. The second kappa shape index (κ2) is 11.6. The molecular formula is C26H29BrN2O4S. The van der Waals surface area contributed by atoms with Crippen LogP contribution in [0, 0.1) is 0 Å². The minimum Gasteiger partial charge on any atom is -0.484 e. The molecule has 6 nitrogen and oxygen atoms in total. The number of hydrogen-bond acceptors (Lipinski definition) is 4. The van der Waals surface area contributed by atoms with Crippen LogP contribution >= 0.6 is 15.9 Å². The second-order valence-electron chi connectivity index (χ2n) is 7.87. The van der Waals surface area contributed by atoms with E-state index in [0.29, 0.717) is 5.75 Å². The highest BCUT2D eigenvalue weighted by atomic mass is 79.9. The number of carbonyl (C=O) groups excluding carboxylic acids is 1. The predicted octanol–water partition coefficient (Wildman–Crippen LogP) is 5.63. The largest absolute Gasteiger partial charge is 0.484 e. The number of carbonyl (C=O) groups is 1. The second-order valence-corrected chi connectivity index (χ2v) is 10.5. The molecular weight excluding hydrogens is 516 g/mol. The predicted molar refractivity (Wildman–Crippen MR) is 139 cm³/mol. The number of halogens is 1. The number of anilines is 1. The Morgan fingerprint density at radius 3 is 2.12 bits per heavy atom.